The molecule has 1 aliphatic rings. The first-order valence-electron chi connectivity index (χ1n) is 12.6. The number of ether oxygens (including phenoxy) is 1. The van der Waals surface area contributed by atoms with E-state index in [0.717, 1.165) is 42.7 Å². The second-order valence-corrected chi connectivity index (χ2v) is 11.2. The third-order valence-corrected chi connectivity index (χ3v) is 7.67. The monoisotopic (exact) mass is 533 g/mol. The highest BCUT2D eigenvalue weighted by Gasteiger charge is 2.31. The molecule has 3 rings (SSSR count). The van der Waals surface area contributed by atoms with Crippen LogP contribution in [0.3, 0.4) is 0 Å². The Labute approximate surface area is 218 Å². The fraction of sp³-hybridized carbons (Fsp3) is 0.481. The normalized spacial score (nSPS) is 15.0. The molecular formula is C27H36FN3O5S. The molecule has 0 bridgehead atoms. The number of amides is 2. The minimum absolute atomic E-state index is 0.0329. The number of carbonyl (C=O) groups excluding carboxylic acids is 2. The minimum atomic E-state index is -3.85. The lowest BCUT2D eigenvalue weighted by Gasteiger charge is -2.33. The number of nitrogens with zero attached hydrogens (tertiary/aromatic N) is 2. The molecule has 1 N–H and O–H groups in total. The average Bonchev–Trinajstić information content (AvgIpc) is 2.87. The highest BCUT2D eigenvalue weighted by molar-refractivity contribution is 7.92. The molecule has 2 amide bonds. The van der Waals surface area contributed by atoms with Crippen molar-refractivity contribution in [2.24, 2.45) is 0 Å². The molecule has 0 aliphatic heterocycles. The summed E-state index contributed by atoms with van der Waals surface area (Å²) in [6.45, 7) is 3.16. The molecule has 8 nitrogen and oxygen atoms in total. The summed E-state index contributed by atoms with van der Waals surface area (Å²) in [4.78, 5) is 28.0. The van der Waals surface area contributed by atoms with Crippen molar-refractivity contribution in [3.05, 3.63) is 59.9 Å². The van der Waals surface area contributed by atoms with Gasteiger partial charge in [0.15, 0.2) is 0 Å². The third-order valence-electron chi connectivity index (χ3n) is 6.53. The van der Waals surface area contributed by atoms with E-state index < -0.39 is 34.3 Å². The highest BCUT2D eigenvalue weighted by atomic mass is 32.2. The van der Waals surface area contributed by atoms with Crippen LogP contribution in [0.5, 0.6) is 5.75 Å². The van der Waals surface area contributed by atoms with Gasteiger partial charge < -0.3 is 15.0 Å². The molecule has 1 saturated carbocycles. The largest absolute Gasteiger partial charge is 0.494 e. The number of sulfonamides is 1. The lowest BCUT2D eigenvalue weighted by molar-refractivity contribution is -0.139. The van der Waals surface area contributed by atoms with Crippen LogP contribution < -0.4 is 14.4 Å². The van der Waals surface area contributed by atoms with E-state index in [1.54, 1.807) is 49.4 Å². The molecular weight excluding hydrogens is 497 g/mol. The summed E-state index contributed by atoms with van der Waals surface area (Å²) in [5.74, 6) is -0.899. The zero-order valence-electron chi connectivity index (χ0n) is 21.7. The summed E-state index contributed by atoms with van der Waals surface area (Å²) in [6, 6.07) is 11.5. The first-order valence-corrected chi connectivity index (χ1v) is 14.5. The second kappa shape index (κ2) is 12.9. The topological polar surface area (TPSA) is 96.0 Å². The Morgan fingerprint density at radius 1 is 1.08 bits per heavy atom. The Bertz CT molecular complexity index is 1170. The van der Waals surface area contributed by atoms with Gasteiger partial charge in [0, 0.05) is 18.2 Å². The summed E-state index contributed by atoms with van der Waals surface area (Å²) < 4.78 is 46.2. The molecule has 0 heterocycles. The van der Waals surface area contributed by atoms with Gasteiger partial charge in [0.05, 0.1) is 18.6 Å². The van der Waals surface area contributed by atoms with Crippen LogP contribution in [0.4, 0.5) is 10.1 Å². The average molecular weight is 534 g/mol. The van der Waals surface area contributed by atoms with Gasteiger partial charge in [0.25, 0.3) is 0 Å². The first-order chi connectivity index (χ1) is 17.6. The van der Waals surface area contributed by atoms with Gasteiger partial charge in [-0.1, -0.05) is 37.5 Å². The molecule has 1 atom stereocenters. The van der Waals surface area contributed by atoms with E-state index >= 15 is 0 Å². The van der Waals surface area contributed by atoms with Gasteiger partial charge in [0.2, 0.25) is 21.8 Å². The Kier molecular flexibility index (Phi) is 9.91. The number of rotatable bonds is 11. The molecule has 1 fully saturated rings. The maximum absolute atomic E-state index is 14.5. The van der Waals surface area contributed by atoms with Crippen molar-refractivity contribution in [3.8, 4) is 5.75 Å². The van der Waals surface area contributed by atoms with Crippen molar-refractivity contribution < 1.29 is 27.1 Å². The maximum atomic E-state index is 14.5. The zero-order chi connectivity index (χ0) is 27.0. The lowest BCUT2D eigenvalue weighted by Crippen LogP contribution is -2.53. The third kappa shape index (κ3) is 7.92. The van der Waals surface area contributed by atoms with Crippen LogP contribution in [0.15, 0.2) is 48.5 Å². The molecule has 2 aromatic carbocycles. The highest BCUT2D eigenvalue weighted by Crippen LogP contribution is 2.23. The summed E-state index contributed by atoms with van der Waals surface area (Å²) in [5, 5.41) is 3.02. The summed E-state index contributed by atoms with van der Waals surface area (Å²) in [5.41, 5.74) is 0.518. The Balaban J connectivity index is 1.86. The van der Waals surface area contributed by atoms with Crippen LogP contribution in [0.2, 0.25) is 0 Å². The van der Waals surface area contributed by atoms with Gasteiger partial charge in [-0.25, -0.2) is 12.8 Å². The van der Waals surface area contributed by atoms with Crippen LogP contribution in [0.25, 0.3) is 0 Å². The summed E-state index contributed by atoms with van der Waals surface area (Å²) in [7, 11) is -3.85. The van der Waals surface area contributed by atoms with Crippen LogP contribution in [0, 0.1) is 5.82 Å². The SMILES string of the molecule is CCOc1ccc(N(CC(=O)N(Cc2ccccc2F)[C@@H](C)C(=O)NC2CCCCC2)S(C)(=O)=O)cc1. The van der Waals surface area contributed by atoms with Crippen molar-refractivity contribution >= 4 is 27.5 Å². The second-order valence-electron chi connectivity index (χ2n) is 9.33. The predicted molar refractivity (Wildman–Crippen MR) is 141 cm³/mol. The van der Waals surface area contributed by atoms with Crippen LogP contribution in [0.1, 0.15) is 51.5 Å². The first kappa shape index (κ1) is 28.4. The number of benzene rings is 2. The number of hydrogen-bond donors (Lipinski definition) is 1. The number of halogens is 1. The quantitative estimate of drug-likeness (QED) is 0.473. The number of nitrogens with one attached hydrogen (secondary N) is 1. The van der Waals surface area contributed by atoms with E-state index in [0.29, 0.717) is 12.4 Å². The molecule has 0 saturated heterocycles. The molecule has 37 heavy (non-hydrogen) atoms. The fourth-order valence-electron chi connectivity index (χ4n) is 4.45. The van der Waals surface area contributed by atoms with E-state index in [4.69, 9.17) is 4.74 Å². The number of anilines is 1. The molecule has 2 aromatic rings. The molecule has 0 radical (unpaired) electrons. The van der Waals surface area contributed by atoms with Gasteiger partial charge in [-0.2, -0.15) is 0 Å². The van der Waals surface area contributed by atoms with Gasteiger partial charge in [0.1, 0.15) is 24.2 Å². The standard InChI is InChI=1S/C27H36FN3O5S/c1-4-36-24-16-14-23(15-17-24)31(37(3,34)35)19-26(32)30(18-21-10-8-9-13-25(21)28)20(2)27(33)29-22-11-6-5-7-12-22/h8-10,13-17,20,22H,4-7,11-12,18-19H2,1-3H3,(H,29,33)/t20-/m0/s1. The molecule has 202 valence electrons. The Hall–Kier alpha value is -3.14. The maximum Gasteiger partial charge on any atom is 0.244 e. The molecule has 1 aliphatic carbocycles. The van der Waals surface area contributed by atoms with E-state index in [1.165, 1.54) is 11.0 Å². The minimum Gasteiger partial charge on any atom is -0.494 e. The van der Waals surface area contributed by atoms with Crippen molar-refractivity contribution in [1.82, 2.24) is 10.2 Å². The van der Waals surface area contributed by atoms with Gasteiger partial charge in [-0.05, 0) is 57.0 Å². The van der Waals surface area contributed by atoms with Gasteiger partial charge in [-0.3, -0.25) is 13.9 Å². The van der Waals surface area contributed by atoms with Crippen molar-refractivity contribution in [1.29, 1.82) is 0 Å². The smallest absolute Gasteiger partial charge is 0.244 e. The van der Waals surface area contributed by atoms with Crippen molar-refractivity contribution in [2.75, 3.05) is 23.7 Å². The van der Waals surface area contributed by atoms with Crippen molar-refractivity contribution in [3.63, 3.8) is 0 Å². The molecule has 0 aromatic heterocycles. The van der Waals surface area contributed by atoms with Gasteiger partial charge in [-0.15, -0.1) is 0 Å². The van der Waals surface area contributed by atoms with Gasteiger partial charge >= 0.3 is 0 Å². The van der Waals surface area contributed by atoms with E-state index in [-0.39, 0.29) is 29.7 Å². The van der Waals surface area contributed by atoms with E-state index in [2.05, 4.69) is 5.32 Å². The zero-order valence-corrected chi connectivity index (χ0v) is 22.5. The molecule has 0 unspecified atom stereocenters. The van der Waals surface area contributed by atoms with E-state index in [1.807, 2.05) is 6.92 Å². The van der Waals surface area contributed by atoms with Crippen LogP contribution >= 0.6 is 0 Å². The van der Waals surface area contributed by atoms with Crippen LogP contribution in [-0.2, 0) is 26.2 Å². The number of hydrogen-bond acceptors (Lipinski definition) is 5. The molecule has 0 spiro atoms. The Morgan fingerprint density at radius 3 is 2.32 bits per heavy atom. The summed E-state index contributed by atoms with van der Waals surface area (Å²) in [6.07, 6.45) is 5.95. The lowest BCUT2D eigenvalue weighted by atomic mass is 9.95. The summed E-state index contributed by atoms with van der Waals surface area (Å²) >= 11 is 0. The van der Waals surface area contributed by atoms with Crippen LogP contribution in [-0.4, -0.2) is 56.6 Å². The van der Waals surface area contributed by atoms with Crippen molar-refractivity contribution in [2.45, 2.75) is 64.6 Å². The Morgan fingerprint density at radius 2 is 1.73 bits per heavy atom. The number of carbonyl (C=O) groups is 2. The predicted octanol–water partition coefficient (Wildman–Crippen LogP) is 3.86. The fourth-order valence-corrected chi connectivity index (χ4v) is 5.30. The van der Waals surface area contributed by atoms with E-state index in [9.17, 15) is 22.4 Å². The molecule has 10 heteroatoms.